The minimum atomic E-state index is -0.636. The molecule has 108 valence electrons. The molecule has 1 heterocycles. The highest BCUT2D eigenvalue weighted by molar-refractivity contribution is 6.01. The van der Waals surface area contributed by atoms with Crippen LogP contribution in [0.25, 0.3) is 0 Å². The second kappa shape index (κ2) is 5.91. The van der Waals surface area contributed by atoms with Crippen molar-refractivity contribution < 1.29 is 18.8 Å². The maximum Gasteiger partial charge on any atom is 0.273 e. The third-order valence-electron chi connectivity index (χ3n) is 2.80. The fourth-order valence-electron chi connectivity index (χ4n) is 1.69. The average Bonchev–Trinajstić information content (AvgIpc) is 2.90. The Balaban J connectivity index is 2.02. The number of primary amides is 1. The summed E-state index contributed by atoms with van der Waals surface area (Å²) in [4.78, 5) is 34.7. The molecule has 7 nitrogen and oxygen atoms in total. The third kappa shape index (κ3) is 3.27. The number of furan rings is 1. The third-order valence-corrected chi connectivity index (χ3v) is 2.80. The second-order valence-corrected chi connectivity index (χ2v) is 4.24. The molecule has 0 spiro atoms. The van der Waals surface area contributed by atoms with E-state index in [2.05, 4.69) is 10.9 Å². The lowest BCUT2D eigenvalue weighted by atomic mass is 10.1. The van der Waals surface area contributed by atoms with Crippen molar-refractivity contribution in [1.29, 1.82) is 0 Å². The molecular formula is C14H13N3O4. The fraction of sp³-hybridized carbons (Fsp3) is 0.0714. The van der Waals surface area contributed by atoms with Crippen LogP contribution >= 0.6 is 0 Å². The highest BCUT2D eigenvalue weighted by Crippen LogP contribution is 2.08. The number of nitrogens with one attached hydrogen (secondary N) is 2. The van der Waals surface area contributed by atoms with Gasteiger partial charge in [0.05, 0.1) is 11.8 Å². The van der Waals surface area contributed by atoms with Crippen LogP contribution in [0.4, 0.5) is 0 Å². The zero-order chi connectivity index (χ0) is 15.4. The van der Waals surface area contributed by atoms with Crippen LogP contribution in [-0.2, 0) is 0 Å². The lowest BCUT2D eigenvalue weighted by molar-refractivity contribution is 0.0845. The lowest BCUT2D eigenvalue weighted by Gasteiger charge is -2.07. The monoisotopic (exact) mass is 287 g/mol. The van der Waals surface area contributed by atoms with Crippen LogP contribution in [0, 0.1) is 6.92 Å². The topological polar surface area (TPSA) is 114 Å². The van der Waals surface area contributed by atoms with E-state index < -0.39 is 17.7 Å². The zero-order valence-corrected chi connectivity index (χ0v) is 11.2. The molecule has 0 radical (unpaired) electrons. The minimum absolute atomic E-state index is 0.204. The number of hydrogen-bond acceptors (Lipinski definition) is 4. The largest absolute Gasteiger partial charge is 0.469 e. The van der Waals surface area contributed by atoms with Crippen LogP contribution in [0.5, 0.6) is 0 Å². The normalized spacial score (nSPS) is 9.95. The first-order valence-electron chi connectivity index (χ1n) is 6.03. The quantitative estimate of drug-likeness (QED) is 0.723. The molecule has 0 saturated carbocycles. The van der Waals surface area contributed by atoms with E-state index in [1.54, 1.807) is 6.92 Å². The van der Waals surface area contributed by atoms with Gasteiger partial charge in [0.1, 0.15) is 5.76 Å². The van der Waals surface area contributed by atoms with Crippen molar-refractivity contribution in [2.45, 2.75) is 6.92 Å². The van der Waals surface area contributed by atoms with E-state index in [0.717, 1.165) is 0 Å². The van der Waals surface area contributed by atoms with Gasteiger partial charge in [-0.25, -0.2) is 0 Å². The molecule has 1 aromatic carbocycles. The van der Waals surface area contributed by atoms with Crippen LogP contribution < -0.4 is 16.6 Å². The highest BCUT2D eigenvalue weighted by Gasteiger charge is 2.13. The summed E-state index contributed by atoms with van der Waals surface area (Å²) in [5, 5.41) is 0. The zero-order valence-electron chi connectivity index (χ0n) is 11.2. The molecule has 0 atom stereocenters. The maximum absolute atomic E-state index is 11.9. The Hall–Kier alpha value is -3.09. The lowest BCUT2D eigenvalue weighted by Crippen LogP contribution is -2.41. The maximum atomic E-state index is 11.9. The summed E-state index contributed by atoms with van der Waals surface area (Å²) in [5.74, 6) is -1.26. The van der Waals surface area contributed by atoms with Crippen molar-refractivity contribution in [2.24, 2.45) is 5.73 Å². The summed E-state index contributed by atoms with van der Waals surface area (Å²) in [6.07, 6.45) is 1.38. The van der Waals surface area contributed by atoms with Gasteiger partial charge in [0.2, 0.25) is 5.91 Å². The van der Waals surface area contributed by atoms with Crippen molar-refractivity contribution in [1.82, 2.24) is 10.9 Å². The van der Waals surface area contributed by atoms with Gasteiger partial charge in [-0.1, -0.05) is 6.07 Å². The van der Waals surface area contributed by atoms with Crippen molar-refractivity contribution in [3.8, 4) is 0 Å². The SMILES string of the molecule is Cc1occc1C(=O)NNC(=O)c1cccc(C(N)=O)c1. The van der Waals surface area contributed by atoms with Gasteiger partial charge in [0.25, 0.3) is 11.8 Å². The average molecular weight is 287 g/mol. The van der Waals surface area contributed by atoms with E-state index in [1.165, 1.54) is 36.6 Å². The van der Waals surface area contributed by atoms with E-state index >= 15 is 0 Å². The number of carbonyl (C=O) groups excluding carboxylic acids is 3. The van der Waals surface area contributed by atoms with Crippen LogP contribution in [0.2, 0.25) is 0 Å². The van der Waals surface area contributed by atoms with E-state index in [4.69, 9.17) is 10.2 Å². The molecule has 0 aliphatic carbocycles. The molecule has 21 heavy (non-hydrogen) atoms. The summed E-state index contributed by atoms with van der Waals surface area (Å²) in [6.45, 7) is 1.63. The predicted molar refractivity (Wildman–Crippen MR) is 73.3 cm³/mol. The number of rotatable bonds is 3. The first kappa shape index (κ1) is 14.3. The molecule has 1 aromatic heterocycles. The Bertz CT molecular complexity index is 706. The molecule has 0 aliphatic rings. The summed E-state index contributed by atoms with van der Waals surface area (Å²) in [5.41, 5.74) is 10.4. The molecule has 3 amide bonds. The van der Waals surface area contributed by atoms with Gasteiger partial charge in [0.15, 0.2) is 0 Å². The summed E-state index contributed by atoms with van der Waals surface area (Å²) >= 11 is 0. The molecule has 0 aliphatic heterocycles. The van der Waals surface area contributed by atoms with Gasteiger partial charge in [-0.15, -0.1) is 0 Å². The van der Waals surface area contributed by atoms with Crippen molar-refractivity contribution in [3.05, 3.63) is 59.0 Å². The highest BCUT2D eigenvalue weighted by atomic mass is 16.3. The molecule has 0 fully saturated rings. The van der Waals surface area contributed by atoms with Crippen LogP contribution in [-0.4, -0.2) is 17.7 Å². The molecule has 7 heteroatoms. The number of carbonyl (C=O) groups is 3. The first-order valence-corrected chi connectivity index (χ1v) is 6.03. The predicted octanol–water partition coefficient (Wildman–Crippen LogP) is 0.762. The van der Waals surface area contributed by atoms with Crippen molar-refractivity contribution in [3.63, 3.8) is 0 Å². The van der Waals surface area contributed by atoms with Crippen LogP contribution in [0.3, 0.4) is 0 Å². The smallest absolute Gasteiger partial charge is 0.273 e. The molecule has 4 N–H and O–H groups in total. The summed E-state index contributed by atoms with van der Waals surface area (Å²) in [6, 6.07) is 7.35. The Kier molecular flexibility index (Phi) is 4.03. The van der Waals surface area contributed by atoms with Crippen LogP contribution in [0.15, 0.2) is 41.0 Å². The minimum Gasteiger partial charge on any atom is -0.469 e. The van der Waals surface area contributed by atoms with Crippen molar-refractivity contribution >= 4 is 17.7 Å². The van der Waals surface area contributed by atoms with Gasteiger partial charge in [-0.05, 0) is 31.2 Å². The van der Waals surface area contributed by atoms with E-state index in [1.807, 2.05) is 0 Å². The molecule has 2 aromatic rings. The standard InChI is InChI=1S/C14H13N3O4/c1-8-11(5-6-21-8)14(20)17-16-13(19)10-4-2-3-9(7-10)12(15)18/h2-7H,1H3,(H2,15,18)(H,16,19)(H,17,20). The van der Waals surface area contributed by atoms with Crippen LogP contribution in [0.1, 0.15) is 36.8 Å². The Morgan fingerprint density at radius 1 is 1.05 bits per heavy atom. The van der Waals surface area contributed by atoms with Gasteiger partial charge in [-0.2, -0.15) is 0 Å². The van der Waals surface area contributed by atoms with Gasteiger partial charge >= 0.3 is 0 Å². The Morgan fingerprint density at radius 2 is 1.71 bits per heavy atom. The Morgan fingerprint density at radius 3 is 2.33 bits per heavy atom. The molecule has 0 unspecified atom stereocenters. The van der Waals surface area contributed by atoms with Gasteiger partial charge < -0.3 is 10.2 Å². The van der Waals surface area contributed by atoms with Gasteiger partial charge in [0, 0.05) is 11.1 Å². The molecule has 0 bridgehead atoms. The number of amides is 3. The van der Waals surface area contributed by atoms with E-state index in [0.29, 0.717) is 11.3 Å². The number of hydrogen-bond donors (Lipinski definition) is 3. The van der Waals surface area contributed by atoms with E-state index in [9.17, 15) is 14.4 Å². The number of benzene rings is 1. The molecule has 2 rings (SSSR count). The summed E-state index contributed by atoms with van der Waals surface area (Å²) in [7, 11) is 0. The summed E-state index contributed by atoms with van der Waals surface area (Å²) < 4.78 is 4.99. The Labute approximate surface area is 120 Å². The molecular weight excluding hydrogens is 274 g/mol. The number of hydrazine groups is 1. The first-order chi connectivity index (χ1) is 9.99. The van der Waals surface area contributed by atoms with Crippen molar-refractivity contribution in [2.75, 3.05) is 0 Å². The molecule has 0 saturated heterocycles. The fourth-order valence-corrected chi connectivity index (χ4v) is 1.69. The number of nitrogens with two attached hydrogens (primary N) is 1. The number of aryl methyl sites for hydroxylation is 1. The van der Waals surface area contributed by atoms with Gasteiger partial charge in [-0.3, -0.25) is 25.2 Å². The second-order valence-electron chi connectivity index (χ2n) is 4.24. The van der Waals surface area contributed by atoms with E-state index in [-0.39, 0.29) is 11.1 Å².